The summed E-state index contributed by atoms with van der Waals surface area (Å²) >= 11 is 4.05. The van der Waals surface area contributed by atoms with Crippen LogP contribution in [0.4, 0.5) is 23.2 Å². The molecule has 0 saturated heterocycles. The van der Waals surface area contributed by atoms with Crippen LogP contribution in [0.3, 0.4) is 0 Å². The van der Waals surface area contributed by atoms with Crippen LogP contribution in [0.2, 0.25) is 0 Å². The molecule has 5 nitrogen and oxygen atoms in total. The zero-order chi connectivity index (χ0) is 21.0. The van der Waals surface area contributed by atoms with Gasteiger partial charge in [0.2, 0.25) is 0 Å². The third kappa shape index (κ3) is 5.92. The number of alkyl halides is 3. The molecule has 1 heterocycles. The number of carbonyl (C=O) groups excluding carboxylic acids is 1. The molecule has 0 spiro atoms. The highest BCUT2D eigenvalue weighted by atomic mass is 32.1. The second kappa shape index (κ2) is 8.48. The highest BCUT2D eigenvalue weighted by Crippen LogP contribution is 2.25. The Bertz CT molecular complexity index is 1030. The molecule has 0 unspecified atom stereocenters. The van der Waals surface area contributed by atoms with E-state index in [0.29, 0.717) is 11.3 Å². The number of nitrogens with zero attached hydrogens (tertiary/aromatic N) is 2. The zero-order valence-corrected chi connectivity index (χ0v) is 15.5. The Balaban J connectivity index is 1.84. The van der Waals surface area contributed by atoms with Gasteiger partial charge in [0.25, 0.3) is 5.91 Å². The Kier molecular flexibility index (Phi) is 6.02. The smallest absolute Gasteiger partial charge is 0.406 e. The van der Waals surface area contributed by atoms with Gasteiger partial charge in [-0.2, -0.15) is 0 Å². The van der Waals surface area contributed by atoms with Crippen molar-refractivity contribution >= 4 is 24.2 Å². The lowest BCUT2D eigenvalue weighted by Crippen LogP contribution is -2.17. The molecule has 3 rings (SSSR count). The minimum absolute atomic E-state index is 0.0390. The van der Waals surface area contributed by atoms with Crippen LogP contribution >= 0.6 is 12.6 Å². The maximum atomic E-state index is 13.0. The average molecular weight is 423 g/mol. The Labute approximate surface area is 168 Å². The summed E-state index contributed by atoms with van der Waals surface area (Å²) in [6.45, 7) is 0. The molecule has 0 aliphatic rings. The number of halogens is 4. The van der Waals surface area contributed by atoms with Gasteiger partial charge < -0.3 is 10.1 Å². The molecule has 29 heavy (non-hydrogen) atoms. The number of rotatable bonds is 5. The summed E-state index contributed by atoms with van der Waals surface area (Å²) in [6.07, 6.45) is -3.51. The first-order valence-electron chi connectivity index (χ1n) is 8.16. The maximum absolute atomic E-state index is 13.0. The molecule has 0 aliphatic heterocycles. The van der Waals surface area contributed by atoms with Crippen molar-refractivity contribution in [2.45, 2.75) is 17.9 Å². The molecule has 1 amide bonds. The third-order valence-electron chi connectivity index (χ3n) is 3.71. The minimum atomic E-state index is -4.81. The normalized spacial score (nSPS) is 11.2. The Morgan fingerprint density at radius 3 is 2.55 bits per heavy atom. The molecule has 0 radical (unpaired) electrons. The molecular weight excluding hydrogens is 410 g/mol. The average Bonchev–Trinajstić information content (AvgIpc) is 2.62. The zero-order valence-electron chi connectivity index (χ0n) is 14.6. The third-order valence-corrected chi connectivity index (χ3v) is 3.92. The van der Waals surface area contributed by atoms with E-state index in [1.54, 1.807) is 6.07 Å². The van der Waals surface area contributed by atoms with Crippen LogP contribution in [0.15, 0.2) is 59.9 Å². The Morgan fingerprint density at radius 2 is 1.86 bits per heavy atom. The van der Waals surface area contributed by atoms with Crippen molar-refractivity contribution in [1.29, 1.82) is 0 Å². The lowest BCUT2D eigenvalue weighted by molar-refractivity contribution is -0.274. The maximum Gasteiger partial charge on any atom is 0.573 e. The van der Waals surface area contributed by atoms with Crippen LogP contribution < -0.4 is 10.1 Å². The Morgan fingerprint density at radius 1 is 1.14 bits per heavy atom. The van der Waals surface area contributed by atoms with Crippen molar-refractivity contribution in [1.82, 2.24) is 9.97 Å². The van der Waals surface area contributed by atoms with Crippen molar-refractivity contribution in [3.8, 4) is 5.75 Å². The summed E-state index contributed by atoms with van der Waals surface area (Å²) in [5.41, 5.74) is 1.16. The van der Waals surface area contributed by atoms with Crippen molar-refractivity contribution in [2.24, 2.45) is 0 Å². The van der Waals surface area contributed by atoms with E-state index < -0.39 is 18.1 Å². The predicted octanol–water partition coefficient (Wildman–Crippen LogP) is 4.65. The predicted molar refractivity (Wildman–Crippen MR) is 99.6 cm³/mol. The van der Waals surface area contributed by atoms with Gasteiger partial charge >= 0.3 is 6.36 Å². The second-order valence-electron chi connectivity index (χ2n) is 5.86. The SMILES string of the molecule is O=C(Nc1ccc(F)cc1)c1cnc(S)nc1Cc1cccc(OC(F)(F)F)c1. The fraction of sp³-hybridized carbons (Fsp3) is 0.105. The first-order chi connectivity index (χ1) is 13.7. The van der Waals surface area contributed by atoms with Gasteiger partial charge in [0.1, 0.15) is 11.6 Å². The number of hydrogen-bond donors (Lipinski definition) is 2. The second-order valence-corrected chi connectivity index (χ2v) is 6.26. The van der Waals surface area contributed by atoms with Gasteiger partial charge in [-0.25, -0.2) is 14.4 Å². The molecule has 1 N–H and O–H groups in total. The summed E-state index contributed by atoms with van der Waals surface area (Å²) < 4.78 is 54.2. The number of amides is 1. The van der Waals surface area contributed by atoms with Crippen LogP contribution in [-0.4, -0.2) is 22.2 Å². The summed E-state index contributed by atoms with van der Waals surface area (Å²) in [4.78, 5) is 20.6. The minimum Gasteiger partial charge on any atom is -0.406 e. The number of carbonyl (C=O) groups is 1. The van der Waals surface area contributed by atoms with E-state index in [0.717, 1.165) is 0 Å². The summed E-state index contributed by atoms with van der Waals surface area (Å²) in [6, 6.07) is 10.5. The van der Waals surface area contributed by atoms with Gasteiger partial charge in [-0.15, -0.1) is 25.8 Å². The summed E-state index contributed by atoms with van der Waals surface area (Å²) in [7, 11) is 0. The van der Waals surface area contributed by atoms with Gasteiger partial charge in [-0.05, 0) is 42.0 Å². The van der Waals surface area contributed by atoms with Gasteiger partial charge in [-0.1, -0.05) is 12.1 Å². The number of hydrogen-bond acceptors (Lipinski definition) is 5. The highest BCUT2D eigenvalue weighted by molar-refractivity contribution is 7.80. The molecule has 150 valence electrons. The van der Waals surface area contributed by atoms with Crippen LogP contribution in [0, 0.1) is 5.82 Å². The van der Waals surface area contributed by atoms with E-state index in [9.17, 15) is 22.4 Å². The highest BCUT2D eigenvalue weighted by Gasteiger charge is 2.31. The van der Waals surface area contributed by atoms with Gasteiger partial charge in [0, 0.05) is 18.3 Å². The van der Waals surface area contributed by atoms with Crippen LogP contribution in [0.25, 0.3) is 0 Å². The molecular formula is C19H13F4N3O2S. The van der Waals surface area contributed by atoms with E-state index >= 15 is 0 Å². The van der Waals surface area contributed by atoms with Crippen molar-refractivity contribution < 1.29 is 27.1 Å². The molecule has 0 atom stereocenters. The molecule has 1 aromatic heterocycles. The number of aromatic nitrogens is 2. The first-order valence-corrected chi connectivity index (χ1v) is 8.61. The quantitative estimate of drug-likeness (QED) is 0.356. The number of ether oxygens (including phenoxy) is 1. The molecule has 0 fully saturated rings. The molecule has 3 aromatic rings. The number of nitrogens with one attached hydrogen (secondary N) is 1. The number of benzene rings is 2. The van der Waals surface area contributed by atoms with E-state index in [-0.39, 0.29) is 28.6 Å². The van der Waals surface area contributed by atoms with E-state index in [2.05, 4.69) is 32.7 Å². The van der Waals surface area contributed by atoms with Crippen molar-refractivity contribution in [3.05, 3.63) is 77.4 Å². The lowest BCUT2D eigenvalue weighted by atomic mass is 10.1. The largest absolute Gasteiger partial charge is 0.573 e. The van der Waals surface area contributed by atoms with Crippen LogP contribution in [0.5, 0.6) is 5.75 Å². The standard InChI is InChI=1S/C19H13F4N3O2S/c20-12-4-6-13(7-5-12)25-17(27)15-10-24-18(29)26-16(15)9-11-2-1-3-14(8-11)28-19(21,22)23/h1-8,10H,9H2,(H,25,27)(H,24,26,29). The number of anilines is 1. The summed E-state index contributed by atoms with van der Waals surface area (Å²) in [5.74, 6) is -1.39. The Hall–Kier alpha value is -3.14. The van der Waals surface area contributed by atoms with Crippen molar-refractivity contribution in [3.63, 3.8) is 0 Å². The van der Waals surface area contributed by atoms with Crippen LogP contribution in [-0.2, 0) is 6.42 Å². The number of thiol groups is 1. The topological polar surface area (TPSA) is 64.1 Å². The van der Waals surface area contributed by atoms with E-state index in [1.165, 1.54) is 48.7 Å². The molecule has 10 heteroatoms. The van der Waals surface area contributed by atoms with Gasteiger partial charge in [0.15, 0.2) is 5.16 Å². The van der Waals surface area contributed by atoms with E-state index in [1.807, 2.05) is 0 Å². The lowest BCUT2D eigenvalue weighted by Gasteiger charge is -2.12. The monoisotopic (exact) mass is 423 g/mol. The van der Waals surface area contributed by atoms with Gasteiger partial charge in [0.05, 0.1) is 11.3 Å². The van der Waals surface area contributed by atoms with Gasteiger partial charge in [-0.3, -0.25) is 4.79 Å². The fourth-order valence-corrected chi connectivity index (χ4v) is 2.69. The van der Waals surface area contributed by atoms with E-state index in [4.69, 9.17) is 0 Å². The summed E-state index contributed by atoms with van der Waals surface area (Å²) in [5, 5.41) is 2.69. The molecule has 0 bridgehead atoms. The van der Waals surface area contributed by atoms with Crippen molar-refractivity contribution in [2.75, 3.05) is 5.32 Å². The molecule has 0 saturated carbocycles. The fourth-order valence-electron chi connectivity index (χ4n) is 2.51. The molecule has 2 aromatic carbocycles. The van der Waals surface area contributed by atoms with Crippen LogP contribution in [0.1, 0.15) is 21.6 Å². The molecule has 0 aliphatic carbocycles. The first kappa shape index (κ1) is 20.6.